The molecule has 4 aliphatic rings. The first kappa shape index (κ1) is 44.2. The molecule has 0 amide bonds. The number of fused-ring (bicyclic) bond motifs is 1. The van der Waals surface area contributed by atoms with Gasteiger partial charge in [-0.2, -0.15) is 0 Å². The molecule has 1 heterocycles. The van der Waals surface area contributed by atoms with E-state index in [9.17, 15) is 0 Å². The van der Waals surface area contributed by atoms with Crippen LogP contribution in [0.5, 0.6) is 0 Å². The fourth-order valence-electron chi connectivity index (χ4n) is 9.63. The Bertz CT molecular complexity index is 2820. The largest absolute Gasteiger partial charge is 0.337 e. The quantitative estimate of drug-likeness (QED) is 0.104. The van der Waals surface area contributed by atoms with Crippen LogP contribution < -0.4 is 15.3 Å². The van der Waals surface area contributed by atoms with Gasteiger partial charge in [0.05, 0.1) is 5.70 Å². The summed E-state index contributed by atoms with van der Waals surface area (Å²) in [5.41, 5.74) is 22.2. The lowest BCUT2D eigenvalue weighted by molar-refractivity contribution is 0.344. The molecule has 0 bridgehead atoms. The molecular weight excluding hydrogens is 761 g/mol. The van der Waals surface area contributed by atoms with Crippen LogP contribution in [0.3, 0.4) is 0 Å². The summed E-state index contributed by atoms with van der Waals surface area (Å²) in [6.07, 6.45) is 28.6. The Morgan fingerprint density at radius 1 is 0.841 bits per heavy atom. The maximum Gasteiger partial charge on any atom is 0.0847 e. The zero-order chi connectivity index (χ0) is 44.5. The van der Waals surface area contributed by atoms with Crippen molar-refractivity contribution in [3.63, 3.8) is 0 Å². The Kier molecular flexibility index (Phi) is 14.3. The first-order valence-electron chi connectivity index (χ1n) is 22.6. The van der Waals surface area contributed by atoms with Gasteiger partial charge in [0, 0.05) is 35.6 Å². The summed E-state index contributed by atoms with van der Waals surface area (Å²) >= 11 is 0. The Hall–Kier alpha value is -6.86. The lowest BCUT2D eigenvalue weighted by Crippen LogP contribution is -2.31. The zero-order valence-electron chi connectivity index (χ0n) is 38.2. The molecule has 4 aromatic rings. The van der Waals surface area contributed by atoms with E-state index in [4.69, 9.17) is 0 Å². The average Bonchev–Trinajstić information content (AvgIpc) is 3.55. The number of allylic oxidation sites excluding steroid dienone is 14. The van der Waals surface area contributed by atoms with Crippen LogP contribution in [0.25, 0.3) is 16.7 Å². The van der Waals surface area contributed by atoms with E-state index < -0.39 is 0 Å². The van der Waals surface area contributed by atoms with Crippen LogP contribution in [-0.2, 0) is 6.54 Å². The van der Waals surface area contributed by atoms with E-state index in [0.717, 1.165) is 48.5 Å². The summed E-state index contributed by atoms with van der Waals surface area (Å²) in [4.78, 5) is 4.86. The van der Waals surface area contributed by atoms with Crippen LogP contribution in [0.15, 0.2) is 229 Å². The third-order valence-corrected chi connectivity index (χ3v) is 12.6. The molecule has 2 nitrogen and oxygen atoms in total. The second kappa shape index (κ2) is 20.3. The van der Waals surface area contributed by atoms with Gasteiger partial charge in [-0.1, -0.05) is 178 Å². The highest BCUT2D eigenvalue weighted by Gasteiger charge is 2.39. The number of aryl methyl sites for hydroxylation is 1. The minimum Gasteiger partial charge on any atom is -0.337 e. The third-order valence-electron chi connectivity index (χ3n) is 12.6. The summed E-state index contributed by atoms with van der Waals surface area (Å²) in [5, 5.41) is 2.58. The SMILES string of the molecule is C=C/C=C\C1=C(C)C(C2=C(C=C)CCC(C3=c4ccccc4=C(c4ccc(N(Cc5cc(C)ccc5C(=C)C)c5ccccc5)cc4)CC=C3)=C2)C(C)N1C1=C=CC=CC=C1.CC. The lowest BCUT2D eigenvalue weighted by Gasteiger charge is -2.31. The smallest absolute Gasteiger partial charge is 0.0847 e. The van der Waals surface area contributed by atoms with Gasteiger partial charge in [-0.05, 0) is 150 Å². The van der Waals surface area contributed by atoms with E-state index in [-0.39, 0.29) is 12.0 Å². The van der Waals surface area contributed by atoms with Gasteiger partial charge in [0.1, 0.15) is 0 Å². The van der Waals surface area contributed by atoms with Gasteiger partial charge in [0.15, 0.2) is 0 Å². The summed E-state index contributed by atoms with van der Waals surface area (Å²) in [5.74, 6) is 0.187. The van der Waals surface area contributed by atoms with Crippen LogP contribution in [0.4, 0.5) is 11.4 Å². The van der Waals surface area contributed by atoms with Gasteiger partial charge in [-0.15, -0.1) is 0 Å². The van der Waals surface area contributed by atoms with Gasteiger partial charge in [-0.25, -0.2) is 0 Å². The van der Waals surface area contributed by atoms with Crippen LogP contribution in [0.1, 0.15) is 76.1 Å². The molecule has 316 valence electrons. The molecule has 1 aliphatic heterocycles. The molecule has 0 spiro atoms. The molecular formula is C61H62N2. The molecule has 2 atom stereocenters. The molecule has 0 saturated heterocycles. The van der Waals surface area contributed by atoms with Crippen molar-refractivity contribution in [2.24, 2.45) is 5.92 Å². The van der Waals surface area contributed by atoms with Crippen LogP contribution in [0.2, 0.25) is 0 Å². The van der Waals surface area contributed by atoms with Crippen LogP contribution in [0, 0.1) is 12.8 Å². The Labute approximate surface area is 377 Å². The molecule has 63 heavy (non-hydrogen) atoms. The standard InChI is InChI=1S/C59H56N2.C2H6/c1-8-10-29-58-43(6)59(44(7)61(58)51-23-14-11-12-15-24-51)57-39-47(32-31-45(57)9-2)54-28-20-27-53(55-25-18-19-26-56(54)55)46-33-35-50(36-34-46)60(49-21-16-13-17-22-49)40-48-38-42(5)30-37-52(48)41(3)4;1-2/h8-23,25-26,28-30,33-39,44,59H,1-3,27,31-32,40H2,4-7H3;1-2H3/b29-10-;. The highest BCUT2D eigenvalue weighted by atomic mass is 15.2. The second-order valence-corrected chi connectivity index (χ2v) is 16.5. The van der Waals surface area contributed by atoms with Gasteiger partial charge in [0.25, 0.3) is 0 Å². The van der Waals surface area contributed by atoms with Gasteiger partial charge in [0.2, 0.25) is 0 Å². The minimum atomic E-state index is 0.177. The molecule has 0 fully saturated rings. The third kappa shape index (κ3) is 9.34. The van der Waals surface area contributed by atoms with Crippen molar-refractivity contribution < 1.29 is 0 Å². The van der Waals surface area contributed by atoms with Crippen molar-refractivity contribution in [2.75, 3.05) is 4.90 Å². The molecule has 0 aromatic heterocycles. The number of anilines is 2. The Morgan fingerprint density at radius 3 is 2.30 bits per heavy atom. The second-order valence-electron chi connectivity index (χ2n) is 16.5. The molecule has 0 radical (unpaired) electrons. The number of rotatable bonds is 12. The molecule has 2 unspecified atom stereocenters. The highest BCUT2D eigenvalue weighted by molar-refractivity contribution is 5.80. The monoisotopic (exact) mass is 822 g/mol. The number of hydrogen-bond donors (Lipinski definition) is 0. The average molecular weight is 823 g/mol. The van der Waals surface area contributed by atoms with Crippen molar-refractivity contribution in [2.45, 2.75) is 73.4 Å². The van der Waals surface area contributed by atoms with Crippen molar-refractivity contribution >= 4 is 28.1 Å². The summed E-state index contributed by atoms with van der Waals surface area (Å²) in [6.45, 7) is 26.3. The highest BCUT2D eigenvalue weighted by Crippen LogP contribution is 2.46. The fraction of sp³-hybridized carbons (Fsp3) is 0.197. The summed E-state index contributed by atoms with van der Waals surface area (Å²) in [7, 11) is 0. The maximum atomic E-state index is 4.33. The minimum absolute atomic E-state index is 0.177. The van der Waals surface area contributed by atoms with Crippen molar-refractivity contribution in [1.82, 2.24) is 4.90 Å². The van der Waals surface area contributed by atoms with E-state index in [1.165, 1.54) is 71.8 Å². The van der Waals surface area contributed by atoms with Crippen molar-refractivity contribution in [3.8, 4) is 0 Å². The van der Waals surface area contributed by atoms with Crippen molar-refractivity contribution in [3.05, 3.63) is 262 Å². The molecule has 8 rings (SSSR count). The number of para-hydroxylation sites is 1. The summed E-state index contributed by atoms with van der Waals surface area (Å²) in [6, 6.07) is 35.8. The van der Waals surface area contributed by atoms with Gasteiger partial charge >= 0.3 is 0 Å². The molecule has 0 N–H and O–H groups in total. The molecule has 3 aliphatic carbocycles. The summed E-state index contributed by atoms with van der Waals surface area (Å²) < 4.78 is 0. The topological polar surface area (TPSA) is 6.48 Å². The van der Waals surface area contributed by atoms with E-state index in [2.05, 4.69) is 209 Å². The molecule has 2 heteroatoms. The molecule has 4 aromatic carbocycles. The number of hydrogen-bond acceptors (Lipinski definition) is 2. The normalized spacial score (nSPS) is 18.1. The van der Waals surface area contributed by atoms with E-state index >= 15 is 0 Å². The van der Waals surface area contributed by atoms with Gasteiger partial charge in [-0.3, -0.25) is 0 Å². The predicted molar refractivity (Wildman–Crippen MR) is 273 cm³/mol. The van der Waals surface area contributed by atoms with Crippen molar-refractivity contribution in [1.29, 1.82) is 0 Å². The molecule has 0 saturated carbocycles. The first-order chi connectivity index (χ1) is 30.8. The lowest BCUT2D eigenvalue weighted by atomic mass is 9.78. The first-order valence-corrected chi connectivity index (χ1v) is 22.6. The number of benzene rings is 4. The van der Waals surface area contributed by atoms with Crippen LogP contribution in [-0.4, -0.2) is 10.9 Å². The van der Waals surface area contributed by atoms with E-state index in [1.807, 2.05) is 38.2 Å². The van der Waals surface area contributed by atoms with Crippen LogP contribution >= 0.6 is 0 Å². The zero-order valence-corrected chi connectivity index (χ0v) is 38.2. The number of nitrogens with zero attached hydrogens (tertiary/aromatic N) is 2. The Balaban J connectivity index is 0.00000293. The van der Waals surface area contributed by atoms with Gasteiger partial charge < -0.3 is 9.80 Å². The van der Waals surface area contributed by atoms with E-state index in [0.29, 0.717) is 0 Å². The fourth-order valence-corrected chi connectivity index (χ4v) is 9.63. The van der Waals surface area contributed by atoms with E-state index in [1.54, 1.807) is 0 Å². The predicted octanol–water partition coefficient (Wildman–Crippen LogP) is 14.4. The maximum absolute atomic E-state index is 4.33. The Morgan fingerprint density at radius 2 is 1.57 bits per heavy atom.